The summed E-state index contributed by atoms with van der Waals surface area (Å²) in [5.74, 6) is 0.243. The van der Waals surface area contributed by atoms with Crippen LogP contribution in [-0.2, 0) is 6.61 Å². The standard InChI is InChI=1S/C23H20ClFN2O3/c1-2-29-22-13-16(14-26-27-23(28)18-8-4-5-9-19(18)24)11-12-21(22)30-15-17-7-3-6-10-20(17)25/h3-14H,2,15H2,1H3,(H,27,28)/b26-14-. The van der Waals surface area contributed by atoms with Gasteiger partial charge in [-0.2, -0.15) is 5.10 Å². The predicted octanol–water partition coefficient (Wildman–Crippen LogP) is 5.22. The van der Waals surface area contributed by atoms with Gasteiger partial charge in [0.05, 0.1) is 23.4 Å². The second kappa shape index (κ2) is 10.4. The van der Waals surface area contributed by atoms with Crippen molar-refractivity contribution >= 4 is 23.7 Å². The summed E-state index contributed by atoms with van der Waals surface area (Å²) in [7, 11) is 0. The van der Waals surface area contributed by atoms with Gasteiger partial charge in [0.2, 0.25) is 0 Å². The summed E-state index contributed by atoms with van der Waals surface area (Å²) in [4.78, 5) is 12.1. The van der Waals surface area contributed by atoms with Crippen LogP contribution in [0.3, 0.4) is 0 Å². The molecular weight excluding hydrogens is 407 g/mol. The third-order valence-electron chi connectivity index (χ3n) is 4.11. The molecule has 0 radical (unpaired) electrons. The number of ether oxygens (including phenoxy) is 2. The molecule has 0 bridgehead atoms. The van der Waals surface area contributed by atoms with Crippen LogP contribution in [0.25, 0.3) is 0 Å². The number of carbonyl (C=O) groups is 1. The number of nitrogens with one attached hydrogen (secondary N) is 1. The fourth-order valence-corrected chi connectivity index (χ4v) is 2.86. The SMILES string of the molecule is CCOc1cc(/C=N\NC(=O)c2ccccc2Cl)ccc1OCc1ccccc1F. The summed E-state index contributed by atoms with van der Waals surface area (Å²) in [5, 5.41) is 4.31. The van der Waals surface area contributed by atoms with Crippen LogP contribution in [0.2, 0.25) is 5.02 Å². The molecule has 0 aliphatic carbocycles. The largest absolute Gasteiger partial charge is 0.490 e. The molecule has 0 fully saturated rings. The molecule has 0 heterocycles. The Morgan fingerprint density at radius 1 is 1.07 bits per heavy atom. The second-order valence-electron chi connectivity index (χ2n) is 6.20. The molecule has 0 atom stereocenters. The third kappa shape index (κ3) is 5.58. The zero-order valence-electron chi connectivity index (χ0n) is 16.3. The van der Waals surface area contributed by atoms with Crippen LogP contribution in [0.4, 0.5) is 4.39 Å². The Morgan fingerprint density at radius 3 is 2.60 bits per heavy atom. The number of benzene rings is 3. The van der Waals surface area contributed by atoms with E-state index in [0.29, 0.717) is 39.8 Å². The molecule has 0 aliphatic rings. The minimum atomic E-state index is -0.410. The van der Waals surface area contributed by atoms with Gasteiger partial charge in [0.25, 0.3) is 5.91 Å². The van der Waals surface area contributed by atoms with Gasteiger partial charge in [-0.1, -0.05) is 41.9 Å². The average molecular weight is 427 g/mol. The topological polar surface area (TPSA) is 59.9 Å². The maximum atomic E-state index is 13.8. The maximum Gasteiger partial charge on any atom is 0.272 e. The molecule has 0 aromatic heterocycles. The molecule has 3 rings (SSSR count). The zero-order chi connectivity index (χ0) is 21.3. The van der Waals surface area contributed by atoms with Gasteiger partial charge in [0.15, 0.2) is 11.5 Å². The molecule has 0 unspecified atom stereocenters. The van der Waals surface area contributed by atoms with Crippen molar-refractivity contribution < 1.29 is 18.7 Å². The van der Waals surface area contributed by atoms with Crippen molar-refractivity contribution in [2.75, 3.05) is 6.61 Å². The summed E-state index contributed by atoms with van der Waals surface area (Å²) < 4.78 is 25.1. The first-order chi connectivity index (χ1) is 14.6. The van der Waals surface area contributed by atoms with Crippen LogP contribution in [0.15, 0.2) is 71.8 Å². The number of carbonyl (C=O) groups excluding carboxylic acids is 1. The smallest absolute Gasteiger partial charge is 0.272 e. The van der Waals surface area contributed by atoms with E-state index in [1.54, 1.807) is 60.7 Å². The van der Waals surface area contributed by atoms with Crippen LogP contribution in [0.5, 0.6) is 11.5 Å². The van der Waals surface area contributed by atoms with Crippen LogP contribution in [0.1, 0.15) is 28.4 Å². The fraction of sp³-hybridized carbons (Fsp3) is 0.130. The first kappa shape index (κ1) is 21.3. The lowest BCUT2D eigenvalue weighted by Crippen LogP contribution is -2.17. The van der Waals surface area contributed by atoms with E-state index in [1.165, 1.54) is 12.3 Å². The highest BCUT2D eigenvalue weighted by Gasteiger charge is 2.10. The van der Waals surface area contributed by atoms with E-state index >= 15 is 0 Å². The quantitative estimate of drug-likeness (QED) is 0.397. The number of hydrogen-bond donors (Lipinski definition) is 1. The van der Waals surface area contributed by atoms with E-state index in [2.05, 4.69) is 10.5 Å². The molecule has 0 aliphatic heterocycles. The minimum absolute atomic E-state index is 0.0775. The highest BCUT2D eigenvalue weighted by Crippen LogP contribution is 2.29. The number of halogens is 2. The molecule has 1 N–H and O–H groups in total. The van der Waals surface area contributed by atoms with Gasteiger partial charge in [-0.05, 0) is 48.9 Å². The first-order valence-electron chi connectivity index (χ1n) is 9.29. The zero-order valence-corrected chi connectivity index (χ0v) is 17.0. The lowest BCUT2D eigenvalue weighted by atomic mass is 10.2. The number of hydrazone groups is 1. The third-order valence-corrected chi connectivity index (χ3v) is 4.44. The van der Waals surface area contributed by atoms with Crippen molar-refractivity contribution in [1.82, 2.24) is 5.43 Å². The lowest BCUT2D eigenvalue weighted by molar-refractivity contribution is 0.0955. The Morgan fingerprint density at radius 2 is 1.83 bits per heavy atom. The highest BCUT2D eigenvalue weighted by molar-refractivity contribution is 6.33. The van der Waals surface area contributed by atoms with E-state index < -0.39 is 5.91 Å². The summed E-state index contributed by atoms with van der Waals surface area (Å²) >= 11 is 6.01. The molecule has 154 valence electrons. The van der Waals surface area contributed by atoms with E-state index in [-0.39, 0.29) is 12.4 Å². The molecule has 0 saturated carbocycles. The van der Waals surface area contributed by atoms with Gasteiger partial charge in [0, 0.05) is 5.56 Å². The number of nitrogens with zero attached hydrogens (tertiary/aromatic N) is 1. The molecule has 0 spiro atoms. The lowest BCUT2D eigenvalue weighted by Gasteiger charge is -2.13. The number of amides is 1. The van der Waals surface area contributed by atoms with Gasteiger partial charge in [-0.25, -0.2) is 9.82 Å². The summed E-state index contributed by atoms with van der Waals surface area (Å²) in [5.41, 5.74) is 3.92. The Balaban J connectivity index is 1.68. The Kier molecular flexibility index (Phi) is 7.40. The van der Waals surface area contributed by atoms with Gasteiger partial charge in [0.1, 0.15) is 12.4 Å². The van der Waals surface area contributed by atoms with Crippen molar-refractivity contribution in [1.29, 1.82) is 0 Å². The second-order valence-corrected chi connectivity index (χ2v) is 6.61. The highest BCUT2D eigenvalue weighted by atomic mass is 35.5. The van der Waals surface area contributed by atoms with Crippen LogP contribution < -0.4 is 14.9 Å². The minimum Gasteiger partial charge on any atom is -0.490 e. The van der Waals surface area contributed by atoms with E-state index in [4.69, 9.17) is 21.1 Å². The molecule has 7 heteroatoms. The predicted molar refractivity (Wildman–Crippen MR) is 115 cm³/mol. The Bertz CT molecular complexity index is 1060. The fourth-order valence-electron chi connectivity index (χ4n) is 2.63. The van der Waals surface area contributed by atoms with Gasteiger partial charge < -0.3 is 9.47 Å². The first-order valence-corrected chi connectivity index (χ1v) is 9.67. The molecule has 0 saturated heterocycles. The van der Waals surface area contributed by atoms with Crippen molar-refractivity contribution in [3.8, 4) is 11.5 Å². The van der Waals surface area contributed by atoms with E-state index in [9.17, 15) is 9.18 Å². The normalized spacial score (nSPS) is 10.8. The van der Waals surface area contributed by atoms with Gasteiger partial charge >= 0.3 is 0 Å². The Labute approximate surface area is 179 Å². The van der Waals surface area contributed by atoms with Crippen molar-refractivity contribution in [2.24, 2.45) is 5.10 Å². The van der Waals surface area contributed by atoms with Crippen molar-refractivity contribution in [3.63, 3.8) is 0 Å². The molecule has 30 heavy (non-hydrogen) atoms. The molecule has 1 amide bonds. The van der Waals surface area contributed by atoms with Gasteiger partial charge in [-0.3, -0.25) is 4.79 Å². The van der Waals surface area contributed by atoms with Crippen LogP contribution in [-0.4, -0.2) is 18.7 Å². The average Bonchev–Trinajstić information content (AvgIpc) is 2.74. The molecular formula is C23H20ClFN2O3. The van der Waals surface area contributed by atoms with E-state index in [1.807, 2.05) is 6.92 Å². The summed E-state index contributed by atoms with van der Waals surface area (Å²) in [6.45, 7) is 2.36. The number of rotatable bonds is 8. The Hall–Kier alpha value is -3.38. The molecule has 5 nitrogen and oxygen atoms in total. The maximum absolute atomic E-state index is 13.8. The van der Waals surface area contributed by atoms with Crippen molar-refractivity contribution in [2.45, 2.75) is 13.5 Å². The summed E-state index contributed by atoms with van der Waals surface area (Å²) in [6, 6.07) is 18.3. The number of hydrogen-bond acceptors (Lipinski definition) is 4. The molecule has 3 aromatic carbocycles. The van der Waals surface area contributed by atoms with Crippen LogP contribution in [0, 0.1) is 5.82 Å². The summed E-state index contributed by atoms with van der Waals surface area (Å²) in [6.07, 6.45) is 1.48. The monoisotopic (exact) mass is 426 g/mol. The van der Waals surface area contributed by atoms with Crippen LogP contribution >= 0.6 is 11.6 Å². The van der Waals surface area contributed by atoms with Gasteiger partial charge in [-0.15, -0.1) is 0 Å². The molecule has 3 aromatic rings. The van der Waals surface area contributed by atoms with Crippen molar-refractivity contribution in [3.05, 3.63) is 94.3 Å². The van der Waals surface area contributed by atoms with E-state index in [0.717, 1.165) is 0 Å².